The molecule has 1 fully saturated rings. The molecule has 32 heavy (non-hydrogen) atoms. The molecule has 1 aliphatic rings. The number of rotatable bonds is 5. The molecule has 2 aromatic carbocycles. The van der Waals surface area contributed by atoms with Gasteiger partial charge in [0, 0.05) is 24.3 Å². The highest BCUT2D eigenvalue weighted by atomic mass is 35.5. The lowest BCUT2D eigenvalue weighted by Crippen LogP contribution is -2.38. The molecule has 3 aromatic rings. The molecular formula is C24H23ClF3N3O. The lowest BCUT2D eigenvalue weighted by atomic mass is 9.86. The van der Waals surface area contributed by atoms with Gasteiger partial charge in [-0.25, -0.2) is 0 Å². The number of amides is 1. The molecule has 1 saturated carbocycles. The summed E-state index contributed by atoms with van der Waals surface area (Å²) in [5.41, 5.74) is 1.17. The zero-order valence-corrected chi connectivity index (χ0v) is 18.0. The predicted molar refractivity (Wildman–Crippen MR) is 117 cm³/mol. The van der Waals surface area contributed by atoms with Crippen LogP contribution in [0.4, 0.5) is 13.2 Å². The Morgan fingerprint density at radius 2 is 1.78 bits per heavy atom. The number of alkyl halides is 3. The van der Waals surface area contributed by atoms with Crippen LogP contribution in [0.25, 0.3) is 11.1 Å². The van der Waals surface area contributed by atoms with Crippen LogP contribution in [-0.2, 0) is 12.7 Å². The second kappa shape index (κ2) is 9.36. The SMILES string of the molecule is O=C(NC1CCC(Cn2cc(-c3ccccc3)cn2)CC1)c1cc(C(F)(F)F)ccc1Cl. The van der Waals surface area contributed by atoms with Crippen LogP contribution >= 0.6 is 11.6 Å². The van der Waals surface area contributed by atoms with Crippen molar-refractivity contribution >= 4 is 17.5 Å². The van der Waals surface area contributed by atoms with Crippen molar-refractivity contribution in [1.82, 2.24) is 15.1 Å². The molecular weight excluding hydrogens is 439 g/mol. The van der Waals surface area contributed by atoms with Gasteiger partial charge in [-0.05, 0) is 55.4 Å². The monoisotopic (exact) mass is 461 g/mol. The van der Waals surface area contributed by atoms with Gasteiger partial charge in [0.05, 0.1) is 22.3 Å². The maximum absolute atomic E-state index is 13.0. The molecule has 4 nitrogen and oxygen atoms in total. The third-order valence-corrected chi connectivity index (χ3v) is 6.24. The minimum atomic E-state index is -4.52. The highest BCUT2D eigenvalue weighted by Gasteiger charge is 2.32. The number of nitrogens with zero attached hydrogens (tertiary/aromatic N) is 2. The van der Waals surface area contributed by atoms with Gasteiger partial charge < -0.3 is 5.32 Å². The Kier molecular flexibility index (Phi) is 6.55. The Labute approximate surface area is 189 Å². The number of hydrogen-bond acceptors (Lipinski definition) is 2. The molecule has 0 spiro atoms. The average molecular weight is 462 g/mol. The summed E-state index contributed by atoms with van der Waals surface area (Å²) in [6, 6.07) is 12.8. The topological polar surface area (TPSA) is 46.9 Å². The lowest BCUT2D eigenvalue weighted by Gasteiger charge is -2.29. The maximum atomic E-state index is 13.0. The van der Waals surface area contributed by atoms with Gasteiger partial charge in [0.15, 0.2) is 0 Å². The van der Waals surface area contributed by atoms with Crippen molar-refractivity contribution in [1.29, 1.82) is 0 Å². The summed E-state index contributed by atoms with van der Waals surface area (Å²) in [4.78, 5) is 12.5. The third-order valence-electron chi connectivity index (χ3n) is 5.91. The van der Waals surface area contributed by atoms with E-state index in [9.17, 15) is 18.0 Å². The molecule has 1 aromatic heterocycles. The van der Waals surface area contributed by atoms with Crippen molar-refractivity contribution in [2.75, 3.05) is 0 Å². The summed E-state index contributed by atoms with van der Waals surface area (Å²) in [5.74, 6) is -0.132. The fraction of sp³-hybridized carbons (Fsp3) is 0.333. The van der Waals surface area contributed by atoms with Crippen molar-refractivity contribution in [3.63, 3.8) is 0 Å². The Bertz CT molecular complexity index is 1070. The minimum Gasteiger partial charge on any atom is -0.349 e. The molecule has 0 radical (unpaired) electrons. The molecule has 0 unspecified atom stereocenters. The van der Waals surface area contributed by atoms with Crippen LogP contribution in [0.5, 0.6) is 0 Å². The number of benzene rings is 2. The van der Waals surface area contributed by atoms with E-state index in [0.717, 1.165) is 61.6 Å². The Balaban J connectivity index is 1.31. The quantitative estimate of drug-likeness (QED) is 0.491. The second-order valence-corrected chi connectivity index (χ2v) is 8.61. The van der Waals surface area contributed by atoms with Gasteiger partial charge in [-0.1, -0.05) is 41.9 Å². The first kappa shape index (κ1) is 22.4. The standard InChI is InChI=1S/C24H23ClF3N3O/c25-22-11-8-19(24(26,27)28)12-21(22)23(32)30-20-9-6-16(7-10-20)14-31-15-18(13-29-31)17-4-2-1-3-5-17/h1-5,8,11-13,15-16,20H,6-7,9-10,14H2,(H,30,32). The average Bonchev–Trinajstić information content (AvgIpc) is 3.24. The van der Waals surface area contributed by atoms with E-state index in [-0.39, 0.29) is 16.6 Å². The van der Waals surface area contributed by atoms with Crippen LogP contribution in [0.1, 0.15) is 41.6 Å². The van der Waals surface area contributed by atoms with E-state index in [1.807, 2.05) is 47.4 Å². The van der Waals surface area contributed by atoms with Crippen molar-refractivity contribution in [2.45, 2.75) is 44.4 Å². The number of carbonyl (C=O) groups excluding carboxylic acids is 1. The van der Waals surface area contributed by atoms with Crippen LogP contribution < -0.4 is 5.32 Å². The molecule has 0 aliphatic heterocycles. The highest BCUT2D eigenvalue weighted by Crippen LogP contribution is 2.32. The smallest absolute Gasteiger partial charge is 0.349 e. The lowest BCUT2D eigenvalue weighted by molar-refractivity contribution is -0.137. The van der Waals surface area contributed by atoms with E-state index in [4.69, 9.17) is 11.6 Å². The third kappa shape index (κ3) is 5.33. The van der Waals surface area contributed by atoms with E-state index in [1.54, 1.807) is 0 Å². The molecule has 1 amide bonds. The zero-order chi connectivity index (χ0) is 22.7. The van der Waals surface area contributed by atoms with E-state index < -0.39 is 17.6 Å². The first-order valence-corrected chi connectivity index (χ1v) is 10.9. The minimum absolute atomic E-state index is 0.0112. The van der Waals surface area contributed by atoms with Crippen LogP contribution in [0, 0.1) is 5.92 Å². The first-order valence-electron chi connectivity index (χ1n) is 10.5. The number of hydrogen-bond donors (Lipinski definition) is 1. The molecule has 1 aliphatic carbocycles. The number of carbonyl (C=O) groups is 1. The van der Waals surface area contributed by atoms with Gasteiger partial charge in [-0.15, -0.1) is 0 Å². The second-order valence-electron chi connectivity index (χ2n) is 8.20. The van der Waals surface area contributed by atoms with E-state index in [2.05, 4.69) is 10.4 Å². The van der Waals surface area contributed by atoms with Gasteiger partial charge in [-0.3, -0.25) is 9.48 Å². The van der Waals surface area contributed by atoms with Gasteiger partial charge >= 0.3 is 6.18 Å². The molecule has 8 heteroatoms. The molecule has 1 heterocycles. The van der Waals surface area contributed by atoms with Gasteiger partial charge in [0.25, 0.3) is 5.91 Å². The largest absolute Gasteiger partial charge is 0.416 e. The van der Waals surface area contributed by atoms with Crippen LogP contribution in [-0.4, -0.2) is 21.7 Å². The first-order chi connectivity index (χ1) is 15.3. The summed E-state index contributed by atoms with van der Waals surface area (Å²) in [6.07, 6.45) is 2.71. The highest BCUT2D eigenvalue weighted by molar-refractivity contribution is 6.33. The maximum Gasteiger partial charge on any atom is 0.416 e. The molecule has 4 rings (SSSR count). The number of aromatic nitrogens is 2. The van der Waals surface area contributed by atoms with Crippen molar-refractivity contribution in [2.24, 2.45) is 5.92 Å². The predicted octanol–water partition coefficient (Wildman–Crippen LogP) is 6.21. The number of halogens is 4. The van der Waals surface area contributed by atoms with Gasteiger partial charge in [-0.2, -0.15) is 18.3 Å². The summed E-state index contributed by atoms with van der Waals surface area (Å²) >= 11 is 5.98. The fourth-order valence-corrected chi connectivity index (χ4v) is 4.34. The molecule has 0 atom stereocenters. The molecule has 168 valence electrons. The van der Waals surface area contributed by atoms with Crippen LogP contribution in [0.3, 0.4) is 0 Å². The Hall–Kier alpha value is -2.80. The summed E-state index contributed by atoms with van der Waals surface area (Å²) < 4.78 is 40.8. The Morgan fingerprint density at radius 1 is 1.06 bits per heavy atom. The van der Waals surface area contributed by atoms with E-state index in [0.29, 0.717) is 5.92 Å². The molecule has 1 N–H and O–H groups in total. The normalized spacial score (nSPS) is 19.0. The van der Waals surface area contributed by atoms with Crippen LogP contribution in [0.15, 0.2) is 60.9 Å². The van der Waals surface area contributed by atoms with Crippen molar-refractivity contribution in [3.05, 3.63) is 77.1 Å². The molecule has 0 saturated heterocycles. The van der Waals surface area contributed by atoms with Crippen LogP contribution in [0.2, 0.25) is 5.02 Å². The molecule has 0 bridgehead atoms. The fourth-order valence-electron chi connectivity index (χ4n) is 4.14. The Morgan fingerprint density at radius 3 is 2.47 bits per heavy atom. The zero-order valence-electron chi connectivity index (χ0n) is 17.3. The summed E-state index contributed by atoms with van der Waals surface area (Å²) in [6.45, 7) is 0.799. The number of nitrogens with one attached hydrogen (secondary N) is 1. The van der Waals surface area contributed by atoms with E-state index in [1.165, 1.54) is 0 Å². The van der Waals surface area contributed by atoms with Crippen molar-refractivity contribution < 1.29 is 18.0 Å². The summed E-state index contributed by atoms with van der Waals surface area (Å²) in [7, 11) is 0. The summed E-state index contributed by atoms with van der Waals surface area (Å²) in [5, 5.41) is 7.33. The van der Waals surface area contributed by atoms with E-state index >= 15 is 0 Å². The van der Waals surface area contributed by atoms with Gasteiger partial charge in [0.1, 0.15) is 0 Å². The van der Waals surface area contributed by atoms with Gasteiger partial charge in [0.2, 0.25) is 0 Å². The van der Waals surface area contributed by atoms with Crippen molar-refractivity contribution in [3.8, 4) is 11.1 Å².